The maximum Gasteiger partial charge on any atom is 0.0929 e. The Morgan fingerprint density at radius 1 is 0.931 bits per heavy atom. The molecule has 1 N–H and O–H groups in total. The summed E-state index contributed by atoms with van der Waals surface area (Å²) in [5.74, 6) is 0. The van der Waals surface area contributed by atoms with E-state index in [1.54, 1.807) is 0 Å². The Labute approximate surface area is 180 Å². The summed E-state index contributed by atoms with van der Waals surface area (Å²) >= 11 is 12.6. The van der Waals surface area contributed by atoms with Gasteiger partial charge in [0.1, 0.15) is 0 Å². The molecule has 0 unspecified atom stereocenters. The second-order valence-electron chi connectivity index (χ2n) is 7.93. The molecule has 4 heterocycles. The number of hydrogen-bond acceptors (Lipinski definition) is 4. The third kappa shape index (κ3) is 3.24. The molecule has 6 rings (SSSR count). The van der Waals surface area contributed by atoms with Crippen molar-refractivity contribution in [1.82, 2.24) is 15.1 Å². The normalized spacial score (nSPS) is 22.9. The lowest BCUT2D eigenvalue weighted by Gasteiger charge is -2.39. The molecule has 0 amide bonds. The molecule has 2 bridgehead atoms. The topological polar surface area (TPSA) is 49.2 Å². The molecule has 0 spiro atoms. The summed E-state index contributed by atoms with van der Waals surface area (Å²) in [7, 11) is 0. The molecule has 0 saturated carbocycles. The van der Waals surface area contributed by atoms with Gasteiger partial charge in [-0.15, -0.1) is 0 Å². The Hall–Kier alpha value is -1.98. The van der Waals surface area contributed by atoms with Crippen molar-refractivity contribution in [2.24, 2.45) is 0 Å². The van der Waals surface area contributed by atoms with Gasteiger partial charge in [-0.2, -0.15) is 10.2 Å². The lowest BCUT2D eigenvalue weighted by Crippen LogP contribution is -2.39. The van der Waals surface area contributed by atoms with E-state index < -0.39 is 0 Å². The van der Waals surface area contributed by atoms with Gasteiger partial charge in [0, 0.05) is 17.5 Å². The van der Waals surface area contributed by atoms with Crippen LogP contribution in [-0.4, -0.2) is 33.3 Å². The molecule has 4 nitrogen and oxygen atoms in total. The summed E-state index contributed by atoms with van der Waals surface area (Å²) in [5.41, 5.74) is 6.35. The predicted molar refractivity (Wildman–Crippen MR) is 115 cm³/mol. The van der Waals surface area contributed by atoms with Crippen LogP contribution in [0.3, 0.4) is 0 Å². The minimum Gasteiger partial charge on any atom is -0.390 e. The smallest absolute Gasteiger partial charge is 0.0929 e. The lowest BCUT2D eigenvalue weighted by atomic mass is 9.68. The second-order valence-corrected chi connectivity index (χ2v) is 8.74. The molecule has 1 saturated heterocycles. The number of fused-ring (bicyclic) bond motifs is 2. The van der Waals surface area contributed by atoms with Crippen LogP contribution >= 0.6 is 23.2 Å². The summed E-state index contributed by atoms with van der Waals surface area (Å²) in [6.07, 6.45) is 2.14. The minimum atomic E-state index is -0.0986. The Morgan fingerprint density at radius 2 is 1.76 bits per heavy atom. The Kier molecular flexibility index (Phi) is 4.83. The van der Waals surface area contributed by atoms with Gasteiger partial charge in [-0.05, 0) is 73.0 Å². The van der Waals surface area contributed by atoms with E-state index in [1.807, 2.05) is 24.3 Å². The summed E-state index contributed by atoms with van der Waals surface area (Å²) in [4.78, 5) is 2.52. The Bertz CT molecular complexity index is 1060. The van der Waals surface area contributed by atoms with E-state index in [-0.39, 0.29) is 12.0 Å². The average Bonchev–Trinajstić information content (AvgIpc) is 3.02. The van der Waals surface area contributed by atoms with E-state index in [4.69, 9.17) is 23.2 Å². The van der Waals surface area contributed by atoms with Gasteiger partial charge in [-0.3, -0.25) is 4.90 Å². The molecule has 3 aliphatic rings. The van der Waals surface area contributed by atoms with Crippen LogP contribution in [0.4, 0.5) is 0 Å². The van der Waals surface area contributed by atoms with Gasteiger partial charge in [0.05, 0.1) is 28.0 Å². The molecule has 1 aromatic heterocycles. The van der Waals surface area contributed by atoms with Gasteiger partial charge >= 0.3 is 0 Å². The van der Waals surface area contributed by atoms with Crippen molar-refractivity contribution in [2.45, 2.75) is 31.4 Å². The SMILES string of the molecule is OCc1ccc(-c2ccc3c(c2)CN2CCC3(c3ccc(Cl)c(Cl)c3)CC2)nn1. The van der Waals surface area contributed by atoms with Crippen molar-refractivity contribution in [3.63, 3.8) is 0 Å². The number of aliphatic hydroxyl groups excluding tert-OH is 1. The van der Waals surface area contributed by atoms with E-state index in [0.717, 1.165) is 43.7 Å². The van der Waals surface area contributed by atoms with Crippen LogP contribution in [0.5, 0.6) is 0 Å². The number of piperidine rings is 1. The first kappa shape index (κ1) is 19.0. The number of halogens is 2. The Morgan fingerprint density at radius 3 is 2.45 bits per heavy atom. The third-order valence-corrected chi connectivity index (χ3v) is 7.11. The fraction of sp³-hybridized carbons (Fsp3) is 0.304. The summed E-state index contributed by atoms with van der Waals surface area (Å²) in [6.45, 7) is 2.97. The van der Waals surface area contributed by atoms with Gasteiger partial charge in [-0.25, -0.2) is 0 Å². The highest BCUT2D eigenvalue weighted by molar-refractivity contribution is 6.42. The summed E-state index contributed by atoms with van der Waals surface area (Å²) < 4.78 is 0. The molecule has 29 heavy (non-hydrogen) atoms. The molecular formula is C23H21Cl2N3O. The lowest BCUT2D eigenvalue weighted by molar-refractivity contribution is 0.190. The molecular weight excluding hydrogens is 405 g/mol. The summed E-state index contributed by atoms with van der Waals surface area (Å²) in [6, 6.07) is 16.5. The average molecular weight is 426 g/mol. The van der Waals surface area contributed by atoms with Gasteiger partial charge in [0.15, 0.2) is 0 Å². The maximum atomic E-state index is 9.20. The van der Waals surface area contributed by atoms with Gasteiger partial charge in [0.25, 0.3) is 0 Å². The number of hydrogen-bond donors (Lipinski definition) is 1. The van der Waals surface area contributed by atoms with E-state index in [0.29, 0.717) is 15.7 Å². The number of rotatable bonds is 3. The van der Waals surface area contributed by atoms with Crippen LogP contribution in [0.25, 0.3) is 11.3 Å². The molecule has 3 aromatic rings. The molecule has 1 fully saturated rings. The van der Waals surface area contributed by atoms with Crippen LogP contribution in [0.1, 0.15) is 35.2 Å². The van der Waals surface area contributed by atoms with Crippen molar-refractivity contribution >= 4 is 23.2 Å². The van der Waals surface area contributed by atoms with Crippen molar-refractivity contribution < 1.29 is 5.11 Å². The molecule has 0 radical (unpaired) electrons. The van der Waals surface area contributed by atoms with Gasteiger partial charge in [-0.1, -0.05) is 41.4 Å². The monoisotopic (exact) mass is 425 g/mol. The van der Waals surface area contributed by atoms with Crippen LogP contribution in [0.15, 0.2) is 48.5 Å². The van der Waals surface area contributed by atoms with E-state index in [1.165, 1.54) is 16.7 Å². The molecule has 2 aromatic carbocycles. The highest BCUT2D eigenvalue weighted by atomic mass is 35.5. The standard InChI is InChI=1S/C23H21Cl2N3O/c24-20-5-2-17(12-21(20)25)23-7-9-28(10-8-23)13-16-11-15(1-4-19(16)23)22-6-3-18(14-29)26-27-22/h1-6,11-12,29H,7-10,13-14H2. The number of aliphatic hydroxyl groups is 1. The zero-order valence-electron chi connectivity index (χ0n) is 15.9. The van der Waals surface area contributed by atoms with Gasteiger partial charge in [0.2, 0.25) is 0 Å². The number of nitrogens with zero attached hydrogens (tertiary/aromatic N) is 3. The first-order chi connectivity index (χ1) is 14.1. The van der Waals surface area contributed by atoms with Crippen LogP contribution < -0.4 is 0 Å². The van der Waals surface area contributed by atoms with E-state index >= 15 is 0 Å². The first-order valence-electron chi connectivity index (χ1n) is 9.84. The van der Waals surface area contributed by atoms with E-state index in [2.05, 4.69) is 39.4 Å². The van der Waals surface area contributed by atoms with Crippen LogP contribution in [0, 0.1) is 0 Å². The van der Waals surface area contributed by atoms with Crippen molar-refractivity contribution in [1.29, 1.82) is 0 Å². The van der Waals surface area contributed by atoms with Crippen molar-refractivity contribution in [3.05, 3.63) is 81.0 Å². The quantitative estimate of drug-likeness (QED) is 0.651. The number of aromatic nitrogens is 2. The molecule has 0 atom stereocenters. The van der Waals surface area contributed by atoms with Crippen LogP contribution in [-0.2, 0) is 18.6 Å². The zero-order chi connectivity index (χ0) is 20.0. The minimum absolute atomic E-state index is 0.0402. The second kappa shape index (κ2) is 7.37. The number of benzene rings is 2. The highest BCUT2D eigenvalue weighted by Crippen LogP contribution is 2.47. The summed E-state index contributed by atoms with van der Waals surface area (Å²) in [5, 5.41) is 18.8. The highest BCUT2D eigenvalue weighted by Gasteiger charge is 2.42. The van der Waals surface area contributed by atoms with Crippen molar-refractivity contribution in [2.75, 3.05) is 13.1 Å². The first-order valence-corrected chi connectivity index (χ1v) is 10.6. The molecule has 0 aliphatic carbocycles. The molecule has 6 heteroatoms. The largest absolute Gasteiger partial charge is 0.390 e. The molecule has 3 aliphatic heterocycles. The fourth-order valence-electron chi connectivity index (χ4n) is 4.79. The van der Waals surface area contributed by atoms with Crippen molar-refractivity contribution in [3.8, 4) is 11.3 Å². The predicted octanol–water partition coefficient (Wildman–Crippen LogP) is 4.84. The zero-order valence-corrected chi connectivity index (χ0v) is 17.4. The fourth-order valence-corrected chi connectivity index (χ4v) is 5.09. The van der Waals surface area contributed by atoms with Gasteiger partial charge < -0.3 is 5.11 Å². The Balaban J connectivity index is 1.62. The third-order valence-electron chi connectivity index (χ3n) is 6.37. The molecule has 148 valence electrons. The van der Waals surface area contributed by atoms with E-state index in [9.17, 15) is 5.11 Å². The van der Waals surface area contributed by atoms with Crippen LogP contribution in [0.2, 0.25) is 10.0 Å². The maximum absolute atomic E-state index is 9.20.